The molecule has 1 aromatic carbocycles. The molecule has 2 rings (SSSR count). The Balaban J connectivity index is 2.43. The minimum absolute atomic E-state index is 0.301. The molecule has 0 saturated carbocycles. The molecule has 0 aliphatic carbocycles. The molecule has 0 radical (unpaired) electrons. The summed E-state index contributed by atoms with van der Waals surface area (Å²) in [6.45, 7) is 0.924. The molecule has 4 heteroatoms. The van der Waals surface area contributed by atoms with Crippen molar-refractivity contribution >= 4 is 15.9 Å². The Labute approximate surface area is 85.0 Å². The van der Waals surface area contributed by atoms with Gasteiger partial charge in [0.05, 0.1) is 4.47 Å². The van der Waals surface area contributed by atoms with Gasteiger partial charge in [-0.25, -0.2) is 0 Å². The van der Waals surface area contributed by atoms with Gasteiger partial charge in [-0.1, -0.05) is 6.07 Å². The first-order valence-corrected chi connectivity index (χ1v) is 4.89. The van der Waals surface area contributed by atoms with E-state index in [0.717, 1.165) is 28.0 Å². The molecule has 0 amide bonds. The van der Waals surface area contributed by atoms with E-state index in [-0.39, 0.29) is 0 Å². The first-order chi connectivity index (χ1) is 6.33. The summed E-state index contributed by atoms with van der Waals surface area (Å²) in [4.78, 5) is 0. The Hall–Kier alpha value is -0.740. The van der Waals surface area contributed by atoms with Gasteiger partial charge in [0.25, 0.3) is 0 Å². The summed E-state index contributed by atoms with van der Waals surface area (Å²) in [5.41, 5.74) is 6.59. The zero-order valence-corrected chi connectivity index (χ0v) is 8.63. The largest absolute Gasteiger partial charge is 0.453 e. The predicted octanol–water partition coefficient (Wildman–Crippen LogP) is 1.68. The molecule has 1 aliphatic heterocycles. The van der Waals surface area contributed by atoms with Crippen molar-refractivity contribution in [2.45, 2.75) is 6.42 Å². The molecule has 0 spiro atoms. The molecule has 0 unspecified atom stereocenters. The van der Waals surface area contributed by atoms with Gasteiger partial charge in [-0.05, 0) is 40.5 Å². The Kier molecular flexibility index (Phi) is 2.42. The standard InChI is InChI=1S/C9H10BrNO2/c10-7-2-1-6(3-4-11)8-9(7)13-5-12-8/h1-2H,3-5,11H2. The number of ether oxygens (including phenoxy) is 2. The minimum atomic E-state index is 0.301. The van der Waals surface area contributed by atoms with Crippen molar-refractivity contribution in [2.24, 2.45) is 5.73 Å². The van der Waals surface area contributed by atoms with Crippen molar-refractivity contribution in [3.63, 3.8) is 0 Å². The van der Waals surface area contributed by atoms with Crippen LogP contribution in [-0.2, 0) is 6.42 Å². The van der Waals surface area contributed by atoms with Crippen LogP contribution < -0.4 is 15.2 Å². The lowest BCUT2D eigenvalue weighted by Crippen LogP contribution is -2.03. The van der Waals surface area contributed by atoms with Gasteiger partial charge in [-0.2, -0.15) is 0 Å². The van der Waals surface area contributed by atoms with Crippen LogP contribution in [0.15, 0.2) is 16.6 Å². The lowest BCUT2D eigenvalue weighted by Gasteiger charge is -2.04. The van der Waals surface area contributed by atoms with Gasteiger partial charge in [0, 0.05) is 0 Å². The highest BCUT2D eigenvalue weighted by atomic mass is 79.9. The lowest BCUT2D eigenvalue weighted by atomic mass is 10.1. The van der Waals surface area contributed by atoms with Crippen molar-refractivity contribution in [2.75, 3.05) is 13.3 Å². The number of halogens is 1. The summed E-state index contributed by atoms with van der Waals surface area (Å²) < 4.78 is 11.6. The molecule has 3 nitrogen and oxygen atoms in total. The summed E-state index contributed by atoms with van der Waals surface area (Å²) in [5.74, 6) is 1.63. The van der Waals surface area contributed by atoms with Crippen molar-refractivity contribution in [1.82, 2.24) is 0 Å². The van der Waals surface area contributed by atoms with E-state index in [0.29, 0.717) is 13.3 Å². The van der Waals surface area contributed by atoms with Crippen molar-refractivity contribution in [3.8, 4) is 11.5 Å². The molecule has 70 valence electrons. The van der Waals surface area contributed by atoms with Gasteiger partial charge in [0.2, 0.25) is 6.79 Å². The van der Waals surface area contributed by atoms with Crippen LogP contribution in [0.4, 0.5) is 0 Å². The van der Waals surface area contributed by atoms with E-state index in [2.05, 4.69) is 15.9 Å². The van der Waals surface area contributed by atoms with Crippen molar-refractivity contribution < 1.29 is 9.47 Å². The number of nitrogens with two attached hydrogens (primary N) is 1. The Morgan fingerprint density at radius 2 is 2.08 bits per heavy atom. The second-order valence-corrected chi connectivity index (χ2v) is 3.66. The van der Waals surface area contributed by atoms with Crippen LogP contribution in [0.2, 0.25) is 0 Å². The third-order valence-corrected chi connectivity index (χ3v) is 2.59. The van der Waals surface area contributed by atoms with Crippen LogP contribution in [-0.4, -0.2) is 13.3 Å². The fourth-order valence-electron chi connectivity index (χ4n) is 1.37. The van der Waals surface area contributed by atoms with E-state index in [1.807, 2.05) is 12.1 Å². The molecule has 0 bridgehead atoms. The molecular formula is C9H10BrNO2. The zero-order chi connectivity index (χ0) is 9.26. The molecule has 0 fully saturated rings. The van der Waals surface area contributed by atoms with Crippen LogP contribution >= 0.6 is 15.9 Å². The van der Waals surface area contributed by atoms with Crippen LogP contribution in [0.1, 0.15) is 5.56 Å². The van der Waals surface area contributed by atoms with Crippen molar-refractivity contribution in [3.05, 3.63) is 22.2 Å². The van der Waals surface area contributed by atoms with Crippen LogP contribution in [0.25, 0.3) is 0 Å². The monoisotopic (exact) mass is 243 g/mol. The van der Waals surface area contributed by atoms with Gasteiger partial charge >= 0.3 is 0 Å². The summed E-state index contributed by atoms with van der Waals surface area (Å²) >= 11 is 3.40. The maximum absolute atomic E-state index is 5.48. The second-order valence-electron chi connectivity index (χ2n) is 2.81. The smallest absolute Gasteiger partial charge is 0.231 e. The molecule has 0 atom stereocenters. The lowest BCUT2D eigenvalue weighted by molar-refractivity contribution is 0.173. The maximum atomic E-state index is 5.48. The van der Waals surface area contributed by atoms with Crippen LogP contribution in [0.5, 0.6) is 11.5 Å². The van der Waals surface area contributed by atoms with Gasteiger partial charge in [0.1, 0.15) is 0 Å². The van der Waals surface area contributed by atoms with Crippen molar-refractivity contribution in [1.29, 1.82) is 0 Å². The average molecular weight is 244 g/mol. The molecule has 1 heterocycles. The molecular weight excluding hydrogens is 234 g/mol. The van der Waals surface area contributed by atoms with E-state index in [1.54, 1.807) is 0 Å². The fourth-order valence-corrected chi connectivity index (χ4v) is 1.80. The first-order valence-electron chi connectivity index (χ1n) is 4.10. The summed E-state index contributed by atoms with van der Waals surface area (Å²) in [6.07, 6.45) is 0.818. The Morgan fingerprint density at radius 1 is 1.31 bits per heavy atom. The highest BCUT2D eigenvalue weighted by Crippen LogP contribution is 2.41. The summed E-state index contributed by atoms with van der Waals surface area (Å²) in [7, 11) is 0. The number of fused-ring (bicyclic) bond motifs is 1. The van der Waals surface area contributed by atoms with Gasteiger partial charge < -0.3 is 15.2 Å². The molecule has 1 aliphatic rings. The predicted molar refractivity (Wildman–Crippen MR) is 53.0 cm³/mol. The van der Waals surface area contributed by atoms with E-state index in [1.165, 1.54) is 0 Å². The van der Waals surface area contributed by atoms with E-state index in [4.69, 9.17) is 15.2 Å². The SMILES string of the molecule is NCCc1ccc(Br)c2c1OCO2. The van der Waals surface area contributed by atoms with Gasteiger partial charge in [-0.15, -0.1) is 0 Å². The summed E-state index contributed by atoms with van der Waals surface area (Å²) in [5, 5.41) is 0. The van der Waals surface area contributed by atoms with Crippen LogP contribution in [0, 0.1) is 0 Å². The van der Waals surface area contributed by atoms with Gasteiger partial charge in [0.15, 0.2) is 11.5 Å². The van der Waals surface area contributed by atoms with E-state index in [9.17, 15) is 0 Å². The summed E-state index contributed by atoms with van der Waals surface area (Å²) in [6, 6.07) is 3.96. The second kappa shape index (κ2) is 3.55. The average Bonchev–Trinajstić information content (AvgIpc) is 2.59. The fraction of sp³-hybridized carbons (Fsp3) is 0.333. The minimum Gasteiger partial charge on any atom is -0.453 e. The Morgan fingerprint density at radius 3 is 2.85 bits per heavy atom. The Bertz CT molecular complexity index is 328. The normalized spacial score (nSPS) is 13.4. The molecule has 0 saturated heterocycles. The molecule has 13 heavy (non-hydrogen) atoms. The number of benzene rings is 1. The third kappa shape index (κ3) is 1.51. The molecule has 0 aromatic heterocycles. The van der Waals surface area contributed by atoms with E-state index >= 15 is 0 Å². The number of hydrogen-bond acceptors (Lipinski definition) is 3. The highest BCUT2D eigenvalue weighted by molar-refractivity contribution is 9.10. The maximum Gasteiger partial charge on any atom is 0.231 e. The first kappa shape index (κ1) is 8.84. The zero-order valence-electron chi connectivity index (χ0n) is 7.05. The van der Waals surface area contributed by atoms with Crippen LogP contribution in [0.3, 0.4) is 0 Å². The quantitative estimate of drug-likeness (QED) is 0.860. The third-order valence-electron chi connectivity index (χ3n) is 1.97. The topological polar surface area (TPSA) is 44.5 Å². The number of rotatable bonds is 2. The number of hydrogen-bond donors (Lipinski definition) is 1. The van der Waals surface area contributed by atoms with E-state index < -0.39 is 0 Å². The molecule has 1 aromatic rings. The highest BCUT2D eigenvalue weighted by Gasteiger charge is 2.19. The molecule has 2 N–H and O–H groups in total. The van der Waals surface area contributed by atoms with Gasteiger partial charge in [-0.3, -0.25) is 0 Å².